The molecule has 0 unspecified atom stereocenters. The maximum atomic E-state index is 12.4. The molecule has 0 spiro atoms. The first kappa shape index (κ1) is 23.0. The Balaban J connectivity index is 0.00000312. The molecule has 142 valence electrons. The van der Waals surface area contributed by atoms with Crippen LogP contribution in [0.1, 0.15) is 13.8 Å². The maximum absolute atomic E-state index is 12.4. The molecule has 0 bridgehead atoms. The molecule has 1 aromatic carbocycles. The van der Waals surface area contributed by atoms with E-state index in [0.717, 1.165) is 29.3 Å². The van der Waals surface area contributed by atoms with Crippen LogP contribution in [-0.4, -0.2) is 62.2 Å². The minimum Gasteiger partial charge on any atom is -0.355 e. The average molecular weight is 562 g/mol. The first-order valence-electron chi connectivity index (χ1n) is 7.81. The Bertz CT molecular complexity index is 694. The van der Waals surface area contributed by atoms with Gasteiger partial charge < -0.3 is 10.2 Å². The molecule has 25 heavy (non-hydrogen) atoms. The van der Waals surface area contributed by atoms with Gasteiger partial charge in [-0.05, 0) is 38.1 Å². The van der Waals surface area contributed by atoms with Crippen molar-refractivity contribution in [1.82, 2.24) is 10.2 Å². The fraction of sp³-hybridized carbons (Fsp3) is 0.562. The zero-order chi connectivity index (χ0) is 17.8. The SMILES string of the molecule is CN=C(NCCS(=O)(=O)c1ccc(Br)cc1)N1CCSC(C)(C)C1.I. The topological polar surface area (TPSA) is 61.8 Å². The Kier molecular flexibility index (Phi) is 9.03. The molecule has 0 amide bonds. The largest absolute Gasteiger partial charge is 0.355 e. The number of thioether (sulfide) groups is 1. The van der Waals surface area contributed by atoms with Gasteiger partial charge in [0.05, 0.1) is 10.6 Å². The summed E-state index contributed by atoms with van der Waals surface area (Å²) in [7, 11) is -1.56. The van der Waals surface area contributed by atoms with Crippen LogP contribution in [0.3, 0.4) is 0 Å². The molecule has 1 aliphatic heterocycles. The first-order chi connectivity index (χ1) is 11.2. The van der Waals surface area contributed by atoms with E-state index in [0.29, 0.717) is 11.4 Å². The number of halogens is 2. The zero-order valence-electron chi connectivity index (χ0n) is 14.7. The van der Waals surface area contributed by atoms with Crippen LogP contribution in [0.4, 0.5) is 0 Å². The van der Waals surface area contributed by atoms with Crippen LogP contribution < -0.4 is 5.32 Å². The van der Waals surface area contributed by atoms with Crippen LogP contribution in [0.25, 0.3) is 0 Å². The molecule has 1 aliphatic rings. The van der Waals surface area contributed by atoms with Gasteiger partial charge in [-0.1, -0.05) is 15.9 Å². The molecular formula is C16H25BrIN3O2S2. The standard InChI is InChI=1S/C16H24BrN3O2S2.HI/c1-16(2)12-20(9-10-23-16)15(18-3)19-8-11-24(21,22)14-6-4-13(17)5-7-14;/h4-7H,8-12H2,1-3H3,(H,18,19);1H. The lowest BCUT2D eigenvalue weighted by atomic mass is 10.2. The lowest BCUT2D eigenvalue weighted by Crippen LogP contribution is -2.51. The summed E-state index contributed by atoms with van der Waals surface area (Å²) in [5.74, 6) is 1.86. The van der Waals surface area contributed by atoms with Crippen LogP contribution in [-0.2, 0) is 9.84 Å². The molecule has 1 saturated heterocycles. The van der Waals surface area contributed by atoms with E-state index in [9.17, 15) is 8.42 Å². The van der Waals surface area contributed by atoms with Crippen molar-refractivity contribution in [2.75, 3.05) is 38.2 Å². The number of benzene rings is 1. The molecular weight excluding hydrogens is 537 g/mol. The molecule has 9 heteroatoms. The summed E-state index contributed by atoms with van der Waals surface area (Å²) in [6.45, 7) is 6.60. The highest BCUT2D eigenvalue weighted by atomic mass is 127. The van der Waals surface area contributed by atoms with Gasteiger partial charge in [0.15, 0.2) is 15.8 Å². The Morgan fingerprint density at radius 1 is 1.36 bits per heavy atom. The predicted molar refractivity (Wildman–Crippen MR) is 121 cm³/mol. The molecule has 1 N–H and O–H groups in total. The van der Waals surface area contributed by atoms with E-state index in [1.54, 1.807) is 31.3 Å². The number of hydrogen-bond acceptors (Lipinski definition) is 4. The highest BCUT2D eigenvalue weighted by Crippen LogP contribution is 2.29. The van der Waals surface area contributed by atoms with E-state index in [2.05, 4.69) is 45.0 Å². The highest BCUT2D eigenvalue weighted by molar-refractivity contribution is 14.0. The number of nitrogens with one attached hydrogen (secondary N) is 1. The van der Waals surface area contributed by atoms with Gasteiger partial charge in [0.2, 0.25) is 0 Å². The summed E-state index contributed by atoms with van der Waals surface area (Å²) in [5, 5.41) is 3.19. The van der Waals surface area contributed by atoms with E-state index in [1.807, 2.05) is 11.8 Å². The molecule has 1 heterocycles. The molecule has 0 aromatic heterocycles. The second-order valence-corrected chi connectivity index (χ2v) is 11.1. The van der Waals surface area contributed by atoms with Gasteiger partial charge in [0.25, 0.3) is 0 Å². The minimum atomic E-state index is -3.30. The van der Waals surface area contributed by atoms with Gasteiger partial charge in [-0.15, -0.1) is 24.0 Å². The van der Waals surface area contributed by atoms with E-state index in [1.165, 1.54) is 0 Å². The molecule has 2 rings (SSSR count). The third-order valence-corrected chi connectivity index (χ3v) is 7.32. The van der Waals surface area contributed by atoms with Gasteiger partial charge in [-0.3, -0.25) is 4.99 Å². The summed E-state index contributed by atoms with van der Waals surface area (Å²) >= 11 is 5.27. The van der Waals surface area contributed by atoms with Crippen molar-refractivity contribution in [2.24, 2.45) is 4.99 Å². The van der Waals surface area contributed by atoms with Crippen LogP contribution in [0.5, 0.6) is 0 Å². The fourth-order valence-corrected chi connectivity index (χ4v) is 5.12. The maximum Gasteiger partial charge on any atom is 0.193 e. The summed E-state index contributed by atoms with van der Waals surface area (Å²) in [6.07, 6.45) is 0. The van der Waals surface area contributed by atoms with Gasteiger partial charge >= 0.3 is 0 Å². The smallest absolute Gasteiger partial charge is 0.193 e. The summed E-state index contributed by atoms with van der Waals surface area (Å²) < 4.78 is 25.8. The number of sulfone groups is 1. The quantitative estimate of drug-likeness (QED) is 0.347. The molecule has 0 atom stereocenters. The Hall–Kier alpha value is -0.000000000000000111. The summed E-state index contributed by atoms with van der Waals surface area (Å²) in [4.78, 5) is 6.84. The molecule has 1 aromatic rings. The fourth-order valence-electron chi connectivity index (χ4n) is 2.59. The Morgan fingerprint density at radius 3 is 2.56 bits per heavy atom. The van der Waals surface area contributed by atoms with Crippen molar-refractivity contribution in [3.05, 3.63) is 28.7 Å². The lowest BCUT2D eigenvalue weighted by molar-refractivity contribution is 0.377. The van der Waals surface area contributed by atoms with E-state index < -0.39 is 9.84 Å². The number of guanidine groups is 1. The van der Waals surface area contributed by atoms with Crippen molar-refractivity contribution in [3.8, 4) is 0 Å². The third kappa shape index (κ3) is 6.91. The normalized spacial score (nSPS) is 17.8. The monoisotopic (exact) mass is 561 g/mol. The van der Waals surface area contributed by atoms with Crippen LogP contribution >= 0.6 is 51.7 Å². The third-order valence-electron chi connectivity index (χ3n) is 3.76. The van der Waals surface area contributed by atoms with Crippen LogP contribution in [0.15, 0.2) is 38.6 Å². The van der Waals surface area contributed by atoms with Gasteiger partial charge in [0.1, 0.15) is 0 Å². The summed E-state index contributed by atoms with van der Waals surface area (Å²) in [6, 6.07) is 6.73. The van der Waals surface area contributed by atoms with Crippen molar-refractivity contribution in [2.45, 2.75) is 23.5 Å². The number of aliphatic imine (C=N–C) groups is 1. The van der Waals surface area contributed by atoms with Crippen molar-refractivity contribution < 1.29 is 8.42 Å². The second kappa shape index (κ2) is 9.80. The molecule has 5 nitrogen and oxygen atoms in total. The lowest BCUT2D eigenvalue weighted by Gasteiger charge is -2.39. The van der Waals surface area contributed by atoms with Crippen LogP contribution in [0, 0.1) is 0 Å². The van der Waals surface area contributed by atoms with Gasteiger partial charge in [-0.25, -0.2) is 8.42 Å². The van der Waals surface area contributed by atoms with E-state index in [-0.39, 0.29) is 34.5 Å². The predicted octanol–water partition coefficient (Wildman–Crippen LogP) is 3.24. The second-order valence-electron chi connectivity index (χ2n) is 6.28. The molecule has 1 fully saturated rings. The molecule has 0 saturated carbocycles. The first-order valence-corrected chi connectivity index (χ1v) is 11.2. The Morgan fingerprint density at radius 2 is 2.00 bits per heavy atom. The minimum absolute atomic E-state index is 0. The van der Waals surface area contributed by atoms with Crippen molar-refractivity contribution in [1.29, 1.82) is 0 Å². The summed E-state index contributed by atoms with van der Waals surface area (Å²) in [5.41, 5.74) is 0. The zero-order valence-corrected chi connectivity index (χ0v) is 20.2. The molecule has 0 radical (unpaired) electrons. The number of nitrogens with zero attached hydrogens (tertiary/aromatic N) is 2. The molecule has 0 aliphatic carbocycles. The van der Waals surface area contributed by atoms with Crippen LogP contribution in [0.2, 0.25) is 0 Å². The van der Waals surface area contributed by atoms with Gasteiger partial charge in [0, 0.05) is 41.7 Å². The number of hydrogen-bond donors (Lipinski definition) is 1. The van der Waals surface area contributed by atoms with Crippen molar-refractivity contribution in [3.63, 3.8) is 0 Å². The highest BCUT2D eigenvalue weighted by Gasteiger charge is 2.28. The average Bonchev–Trinajstić information content (AvgIpc) is 2.51. The van der Waals surface area contributed by atoms with E-state index in [4.69, 9.17) is 0 Å². The van der Waals surface area contributed by atoms with Gasteiger partial charge in [-0.2, -0.15) is 11.8 Å². The van der Waals surface area contributed by atoms with Crippen molar-refractivity contribution >= 4 is 67.5 Å². The number of rotatable bonds is 4. The Labute approximate surface area is 180 Å². The van der Waals surface area contributed by atoms with E-state index >= 15 is 0 Å².